The Kier molecular flexibility index (Phi) is 4.98. The molecular weight excluding hydrogens is 387 g/mol. The molecule has 0 radical (unpaired) electrons. The summed E-state index contributed by atoms with van der Waals surface area (Å²) in [6.45, 7) is 11.6. The summed E-state index contributed by atoms with van der Waals surface area (Å²) in [4.78, 5) is 5.53. The van der Waals surface area contributed by atoms with Gasteiger partial charge in [0, 0.05) is 81.3 Å². The van der Waals surface area contributed by atoms with Crippen LogP contribution >= 0.6 is 22.9 Å². The average molecular weight is 418 g/mol. The molecule has 3 heterocycles. The third-order valence-corrected chi connectivity index (χ3v) is 7.63. The van der Waals surface area contributed by atoms with Crippen LogP contribution in [0, 0.1) is 11.3 Å². The first-order chi connectivity index (χ1) is 10.7. The highest BCUT2D eigenvalue weighted by Gasteiger charge is 2.48. The Bertz CT molecular complexity index is 369. The predicted octanol–water partition coefficient (Wildman–Crippen LogP) is 1.81. The van der Waals surface area contributed by atoms with Crippen LogP contribution in [-0.4, -0.2) is 77.9 Å². The van der Waals surface area contributed by atoms with Gasteiger partial charge in [-0.15, -0.1) is 0 Å². The number of likely N-dealkylation sites (tertiary alicyclic amines) is 1. The van der Waals surface area contributed by atoms with Crippen LogP contribution in [0.15, 0.2) is 0 Å². The lowest BCUT2D eigenvalue weighted by atomic mass is 9.60. The second-order valence-electron chi connectivity index (χ2n) is 8.17. The molecule has 0 aromatic heterocycles. The number of rotatable bonds is 3. The van der Waals surface area contributed by atoms with Gasteiger partial charge in [-0.2, -0.15) is 0 Å². The fraction of sp³-hybridized carbons (Fsp3) is 1.00. The van der Waals surface area contributed by atoms with Crippen molar-refractivity contribution in [3.8, 4) is 0 Å². The summed E-state index contributed by atoms with van der Waals surface area (Å²) in [5.74, 6) is 0.936. The summed E-state index contributed by atoms with van der Waals surface area (Å²) < 4.78 is 2.48. The summed E-state index contributed by atoms with van der Waals surface area (Å²) >= 11 is 2.50. The molecule has 0 aromatic rings. The molecule has 126 valence electrons. The number of hydrogen-bond acceptors (Lipinski definition) is 4. The minimum atomic E-state index is 0.739. The first-order valence-corrected chi connectivity index (χ1v) is 10.3. The molecule has 4 rings (SSSR count). The van der Waals surface area contributed by atoms with Crippen LogP contribution in [0.1, 0.15) is 32.1 Å². The van der Waals surface area contributed by atoms with Crippen LogP contribution < -0.4 is 5.32 Å². The third kappa shape index (κ3) is 3.48. The van der Waals surface area contributed by atoms with E-state index in [-0.39, 0.29) is 0 Å². The maximum Gasteiger partial charge on any atom is 0.0201 e. The zero-order valence-corrected chi connectivity index (χ0v) is 15.9. The molecule has 1 saturated carbocycles. The van der Waals surface area contributed by atoms with Crippen LogP contribution in [0.4, 0.5) is 0 Å². The van der Waals surface area contributed by atoms with E-state index < -0.39 is 0 Å². The molecule has 0 bridgehead atoms. The van der Waals surface area contributed by atoms with Gasteiger partial charge in [-0.05, 0) is 50.0 Å². The summed E-state index contributed by atoms with van der Waals surface area (Å²) in [6, 6.07) is 0.925. The maximum absolute atomic E-state index is 3.46. The van der Waals surface area contributed by atoms with E-state index in [0.29, 0.717) is 0 Å². The van der Waals surface area contributed by atoms with Crippen molar-refractivity contribution >= 4 is 22.9 Å². The van der Waals surface area contributed by atoms with Gasteiger partial charge < -0.3 is 15.1 Å². The Labute approximate surface area is 149 Å². The Morgan fingerprint density at radius 1 is 1.00 bits per heavy atom. The summed E-state index contributed by atoms with van der Waals surface area (Å²) in [7, 11) is 0. The first kappa shape index (κ1) is 16.1. The second kappa shape index (κ2) is 6.82. The second-order valence-corrected chi connectivity index (χ2v) is 9.54. The molecule has 1 N–H and O–H groups in total. The minimum absolute atomic E-state index is 0.739. The summed E-state index contributed by atoms with van der Waals surface area (Å²) in [5, 5.41) is 3.46. The van der Waals surface area contributed by atoms with Gasteiger partial charge in [0.25, 0.3) is 0 Å². The van der Waals surface area contributed by atoms with Crippen LogP contribution in [0.5, 0.6) is 0 Å². The van der Waals surface area contributed by atoms with Crippen LogP contribution in [0.25, 0.3) is 0 Å². The van der Waals surface area contributed by atoms with Crippen molar-refractivity contribution in [1.82, 2.24) is 18.2 Å². The Hall–Kier alpha value is 0.570. The van der Waals surface area contributed by atoms with Crippen molar-refractivity contribution in [3.05, 3.63) is 0 Å². The topological polar surface area (TPSA) is 21.8 Å². The predicted molar refractivity (Wildman–Crippen MR) is 99.3 cm³/mol. The van der Waals surface area contributed by atoms with Crippen molar-refractivity contribution in [1.29, 1.82) is 0 Å². The zero-order valence-electron chi connectivity index (χ0n) is 13.8. The number of nitrogens with zero attached hydrogens (tertiary/aromatic N) is 3. The normalized spacial score (nSPS) is 35.0. The van der Waals surface area contributed by atoms with Crippen LogP contribution in [0.3, 0.4) is 0 Å². The molecule has 5 heteroatoms. The van der Waals surface area contributed by atoms with Crippen molar-refractivity contribution in [3.63, 3.8) is 0 Å². The van der Waals surface area contributed by atoms with Gasteiger partial charge in [0.1, 0.15) is 0 Å². The van der Waals surface area contributed by atoms with Crippen molar-refractivity contribution < 1.29 is 0 Å². The van der Waals surface area contributed by atoms with Gasteiger partial charge in [-0.25, -0.2) is 3.11 Å². The smallest absolute Gasteiger partial charge is 0.0201 e. The lowest BCUT2D eigenvalue weighted by molar-refractivity contribution is -0.0211. The maximum atomic E-state index is 3.46. The van der Waals surface area contributed by atoms with E-state index in [2.05, 4.69) is 41.1 Å². The van der Waals surface area contributed by atoms with Gasteiger partial charge in [-0.1, -0.05) is 0 Å². The monoisotopic (exact) mass is 418 g/mol. The van der Waals surface area contributed by atoms with Crippen LogP contribution in [-0.2, 0) is 0 Å². The third-order valence-electron chi connectivity index (χ3n) is 6.67. The number of nitrogens with one attached hydrogen (secondary N) is 1. The van der Waals surface area contributed by atoms with Gasteiger partial charge in [0.15, 0.2) is 0 Å². The van der Waals surface area contributed by atoms with Gasteiger partial charge in [0.05, 0.1) is 0 Å². The van der Waals surface area contributed by atoms with E-state index in [9.17, 15) is 0 Å². The first-order valence-electron chi connectivity index (χ1n) is 9.30. The zero-order chi connectivity index (χ0) is 15.0. The fourth-order valence-corrected chi connectivity index (χ4v) is 5.64. The fourth-order valence-electron chi connectivity index (χ4n) is 5.16. The summed E-state index contributed by atoms with van der Waals surface area (Å²) in [5.41, 5.74) is 0.739. The Morgan fingerprint density at radius 2 is 1.73 bits per heavy atom. The van der Waals surface area contributed by atoms with E-state index >= 15 is 0 Å². The molecule has 1 spiro atoms. The van der Waals surface area contributed by atoms with E-state index in [1.807, 2.05) is 0 Å². The molecule has 1 atom stereocenters. The Balaban J connectivity index is 1.21. The summed E-state index contributed by atoms with van der Waals surface area (Å²) in [6.07, 6.45) is 7.33. The molecule has 0 amide bonds. The molecule has 1 unspecified atom stereocenters. The molecule has 3 aliphatic heterocycles. The van der Waals surface area contributed by atoms with Crippen LogP contribution in [0.2, 0.25) is 0 Å². The van der Waals surface area contributed by atoms with Gasteiger partial charge in [-0.3, -0.25) is 0 Å². The number of piperazine rings is 1. The largest absolute Gasteiger partial charge is 0.314 e. The highest BCUT2D eigenvalue weighted by molar-refractivity contribution is 14.1. The van der Waals surface area contributed by atoms with Crippen molar-refractivity contribution in [2.45, 2.75) is 38.1 Å². The lowest BCUT2D eigenvalue weighted by Gasteiger charge is -2.54. The van der Waals surface area contributed by atoms with Gasteiger partial charge >= 0.3 is 0 Å². The quantitative estimate of drug-likeness (QED) is 0.558. The highest BCUT2D eigenvalue weighted by Crippen LogP contribution is 2.51. The molecule has 3 saturated heterocycles. The lowest BCUT2D eigenvalue weighted by Crippen LogP contribution is -2.53. The molecule has 4 fully saturated rings. The SMILES string of the molecule is IN1CCC2(CC1)CC(N1CCC(CN3CCNCC3)C1)C2. The molecule has 4 nitrogen and oxygen atoms in total. The molecule has 1 aliphatic carbocycles. The number of halogens is 1. The molecule has 4 aliphatic rings. The average Bonchev–Trinajstić information content (AvgIpc) is 2.95. The van der Waals surface area contributed by atoms with Crippen molar-refractivity contribution in [2.75, 3.05) is 58.9 Å². The highest BCUT2D eigenvalue weighted by atomic mass is 127. The van der Waals surface area contributed by atoms with Crippen molar-refractivity contribution in [2.24, 2.45) is 11.3 Å². The minimum Gasteiger partial charge on any atom is -0.314 e. The standard InChI is InChI=1S/C17H31IN4/c18-22-7-2-17(3-8-22)11-16(12-17)21-6-1-15(14-21)13-20-9-4-19-5-10-20/h15-16,19H,1-14H2. The van der Waals surface area contributed by atoms with E-state index in [1.54, 1.807) is 0 Å². The number of hydrogen-bond donors (Lipinski definition) is 1. The van der Waals surface area contributed by atoms with E-state index in [1.165, 1.54) is 91.0 Å². The number of piperidine rings is 1. The molecular formula is C17H31IN4. The van der Waals surface area contributed by atoms with E-state index in [4.69, 9.17) is 0 Å². The van der Waals surface area contributed by atoms with Gasteiger partial charge in [0.2, 0.25) is 0 Å². The molecule has 22 heavy (non-hydrogen) atoms. The molecule has 0 aromatic carbocycles. The Morgan fingerprint density at radius 3 is 2.45 bits per heavy atom. The van der Waals surface area contributed by atoms with E-state index in [0.717, 1.165) is 17.4 Å².